The van der Waals surface area contributed by atoms with E-state index in [0.717, 1.165) is 17.7 Å². The lowest BCUT2D eigenvalue weighted by molar-refractivity contribution is -0.133. The lowest BCUT2D eigenvalue weighted by Crippen LogP contribution is -2.39. The van der Waals surface area contributed by atoms with Gasteiger partial charge >= 0.3 is 0 Å². The zero-order valence-electron chi connectivity index (χ0n) is 16.0. The number of hydrogen-bond acceptors (Lipinski definition) is 3. The van der Waals surface area contributed by atoms with Crippen LogP contribution in [0.2, 0.25) is 0 Å². The number of benzene rings is 2. The Morgan fingerprint density at radius 2 is 1.63 bits per heavy atom. The SMILES string of the molecule is Cc1ccc(OCC(=O)N2CCCN(C(=O)c3ccccc3)CC2)c(C)c1. The Labute approximate surface area is 160 Å². The quantitative estimate of drug-likeness (QED) is 0.836. The van der Waals surface area contributed by atoms with Gasteiger partial charge in [-0.1, -0.05) is 35.9 Å². The maximum absolute atomic E-state index is 12.6. The summed E-state index contributed by atoms with van der Waals surface area (Å²) in [6.45, 7) is 6.42. The minimum Gasteiger partial charge on any atom is -0.484 e. The molecule has 1 fully saturated rings. The van der Waals surface area contributed by atoms with Crippen molar-refractivity contribution in [3.05, 3.63) is 65.2 Å². The van der Waals surface area contributed by atoms with E-state index < -0.39 is 0 Å². The second-order valence-corrected chi connectivity index (χ2v) is 6.95. The highest BCUT2D eigenvalue weighted by Gasteiger charge is 2.23. The van der Waals surface area contributed by atoms with Crippen molar-refractivity contribution in [1.29, 1.82) is 0 Å². The lowest BCUT2D eigenvalue weighted by Gasteiger charge is -2.22. The Morgan fingerprint density at radius 1 is 0.926 bits per heavy atom. The van der Waals surface area contributed by atoms with Crippen molar-refractivity contribution in [2.45, 2.75) is 20.3 Å². The first kappa shape index (κ1) is 19.0. The number of carbonyl (C=O) groups excluding carboxylic acids is 2. The summed E-state index contributed by atoms with van der Waals surface area (Å²) in [5, 5.41) is 0. The fourth-order valence-electron chi connectivity index (χ4n) is 3.33. The molecule has 0 N–H and O–H groups in total. The molecule has 142 valence electrons. The molecule has 0 aromatic heterocycles. The molecule has 27 heavy (non-hydrogen) atoms. The Bertz CT molecular complexity index is 804. The van der Waals surface area contributed by atoms with Crippen LogP contribution in [0.5, 0.6) is 5.75 Å². The highest BCUT2D eigenvalue weighted by molar-refractivity contribution is 5.94. The van der Waals surface area contributed by atoms with Gasteiger partial charge in [-0.05, 0) is 44.0 Å². The van der Waals surface area contributed by atoms with Crippen molar-refractivity contribution in [3.63, 3.8) is 0 Å². The van der Waals surface area contributed by atoms with Crippen LogP contribution in [0.1, 0.15) is 27.9 Å². The summed E-state index contributed by atoms with van der Waals surface area (Å²) >= 11 is 0. The smallest absolute Gasteiger partial charge is 0.260 e. The highest BCUT2D eigenvalue weighted by Crippen LogP contribution is 2.19. The molecule has 1 saturated heterocycles. The molecule has 0 atom stereocenters. The van der Waals surface area contributed by atoms with E-state index in [1.807, 2.05) is 67.3 Å². The van der Waals surface area contributed by atoms with Crippen molar-refractivity contribution in [1.82, 2.24) is 9.80 Å². The molecule has 2 amide bonds. The summed E-state index contributed by atoms with van der Waals surface area (Å²) in [7, 11) is 0. The van der Waals surface area contributed by atoms with E-state index >= 15 is 0 Å². The normalized spacial score (nSPS) is 14.6. The summed E-state index contributed by atoms with van der Waals surface area (Å²) in [6, 6.07) is 15.2. The van der Waals surface area contributed by atoms with Crippen LogP contribution in [-0.4, -0.2) is 54.4 Å². The topological polar surface area (TPSA) is 49.9 Å². The molecule has 5 heteroatoms. The Kier molecular flexibility index (Phi) is 6.12. The molecule has 3 rings (SSSR count). The van der Waals surface area contributed by atoms with Gasteiger partial charge in [-0.15, -0.1) is 0 Å². The molecule has 0 bridgehead atoms. The molecule has 5 nitrogen and oxygen atoms in total. The van der Waals surface area contributed by atoms with Gasteiger partial charge in [-0.2, -0.15) is 0 Å². The van der Waals surface area contributed by atoms with Crippen LogP contribution in [0.3, 0.4) is 0 Å². The molecule has 0 aliphatic carbocycles. The number of carbonyl (C=O) groups is 2. The molecule has 0 saturated carbocycles. The molecular formula is C22H26N2O3. The van der Waals surface area contributed by atoms with Crippen molar-refractivity contribution in [2.75, 3.05) is 32.8 Å². The summed E-state index contributed by atoms with van der Waals surface area (Å²) in [4.78, 5) is 28.8. The lowest BCUT2D eigenvalue weighted by atomic mass is 10.1. The Hall–Kier alpha value is -2.82. The molecule has 1 aliphatic rings. The molecule has 0 radical (unpaired) electrons. The molecule has 0 unspecified atom stereocenters. The number of nitrogens with zero attached hydrogens (tertiary/aromatic N) is 2. The first-order valence-corrected chi connectivity index (χ1v) is 9.37. The van der Waals surface area contributed by atoms with Crippen molar-refractivity contribution in [3.8, 4) is 5.75 Å². The third kappa shape index (κ3) is 4.88. The average molecular weight is 366 g/mol. The number of amides is 2. The van der Waals surface area contributed by atoms with Crippen LogP contribution in [0.25, 0.3) is 0 Å². The molecule has 2 aromatic rings. The van der Waals surface area contributed by atoms with Crippen LogP contribution >= 0.6 is 0 Å². The maximum Gasteiger partial charge on any atom is 0.260 e. The number of ether oxygens (including phenoxy) is 1. The number of rotatable bonds is 4. The Morgan fingerprint density at radius 3 is 2.37 bits per heavy atom. The van der Waals surface area contributed by atoms with Crippen LogP contribution < -0.4 is 4.74 Å². The largest absolute Gasteiger partial charge is 0.484 e. The van der Waals surface area contributed by atoms with E-state index in [9.17, 15) is 9.59 Å². The summed E-state index contributed by atoms with van der Waals surface area (Å²) in [5.41, 5.74) is 2.88. The first-order valence-electron chi connectivity index (χ1n) is 9.37. The van der Waals surface area contributed by atoms with Gasteiger partial charge in [0.05, 0.1) is 0 Å². The zero-order chi connectivity index (χ0) is 19.2. The second-order valence-electron chi connectivity index (χ2n) is 6.95. The predicted octanol–water partition coefficient (Wildman–Crippen LogP) is 3.06. The fraction of sp³-hybridized carbons (Fsp3) is 0.364. The standard InChI is InChI=1S/C22H26N2O3/c1-17-9-10-20(18(2)15-17)27-16-21(25)23-11-6-12-24(14-13-23)22(26)19-7-4-3-5-8-19/h3-5,7-10,15H,6,11-14,16H2,1-2H3. The van der Waals surface area contributed by atoms with Crippen LogP contribution in [0, 0.1) is 13.8 Å². The van der Waals surface area contributed by atoms with E-state index in [2.05, 4.69) is 0 Å². The number of aryl methyl sites for hydroxylation is 2. The third-order valence-corrected chi connectivity index (χ3v) is 4.84. The van der Waals surface area contributed by atoms with Crippen LogP contribution in [0.15, 0.2) is 48.5 Å². The van der Waals surface area contributed by atoms with E-state index in [1.165, 1.54) is 5.56 Å². The van der Waals surface area contributed by atoms with Gasteiger partial charge < -0.3 is 14.5 Å². The van der Waals surface area contributed by atoms with E-state index in [1.54, 1.807) is 4.90 Å². The third-order valence-electron chi connectivity index (χ3n) is 4.84. The van der Waals surface area contributed by atoms with E-state index in [-0.39, 0.29) is 18.4 Å². The first-order chi connectivity index (χ1) is 13.0. The second kappa shape index (κ2) is 8.71. The molecule has 1 aliphatic heterocycles. The van der Waals surface area contributed by atoms with Crippen molar-refractivity contribution < 1.29 is 14.3 Å². The summed E-state index contributed by atoms with van der Waals surface area (Å²) in [6.07, 6.45) is 0.772. The molecule has 1 heterocycles. The number of hydrogen-bond donors (Lipinski definition) is 0. The minimum atomic E-state index is -0.0380. The fourth-order valence-corrected chi connectivity index (χ4v) is 3.33. The van der Waals surface area contributed by atoms with Crippen LogP contribution in [0.4, 0.5) is 0 Å². The van der Waals surface area contributed by atoms with Crippen LogP contribution in [-0.2, 0) is 4.79 Å². The van der Waals surface area contributed by atoms with E-state index in [0.29, 0.717) is 31.7 Å². The van der Waals surface area contributed by atoms with Crippen molar-refractivity contribution >= 4 is 11.8 Å². The van der Waals surface area contributed by atoms with Gasteiger partial charge in [-0.25, -0.2) is 0 Å². The van der Waals surface area contributed by atoms with Gasteiger partial charge in [0.25, 0.3) is 11.8 Å². The Balaban J connectivity index is 1.54. The van der Waals surface area contributed by atoms with Gasteiger partial charge in [-0.3, -0.25) is 9.59 Å². The molecule has 2 aromatic carbocycles. The van der Waals surface area contributed by atoms with Gasteiger partial charge in [0.1, 0.15) is 5.75 Å². The zero-order valence-corrected chi connectivity index (χ0v) is 16.0. The average Bonchev–Trinajstić information content (AvgIpc) is 2.93. The molecule has 0 spiro atoms. The van der Waals surface area contributed by atoms with E-state index in [4.69, 9.17) is 4.74 Å². The summed E-state index contributed by atoms with van der Waals surface area (Å²) in [5.74, 6) is 0.727. The van der Waals surface area contributed by atoms with Gasteiger partial charge in [0.2, 0.25) is 0 Å². The maximum atomic E-state index is 12.6. The summed E-state index contributed by atoms with van der Waals surface area (Å²) < 4.78 is 5.72. The molecular weight excluding hydrogens is 340 g/mol. The monoisotopic (exact) mass is 366 g/mol. The van der Waals surface area contributed by atoms with Gasteiger partial charge in [0, 0.05) is 31.7 Å². The predicted molar refractivity (Wildman–Crippen MR) is 105 cm³/mol. The van der Waals surface area contributed by atoms with Crippen molar-refractivity contribution in [2.24, 2.45) is 0 Å². The highest BCUT2D eigenvalue weighted by atomic mass is 16.5. The van der Waals surface area contributed by atoms with Gasteiger partial charge in [0.15, 0.2) is 6.61 Å². The minimum absolute atomic E-state index is 0.0243.